The number of hydrogen-bond acceptors (Lipinski definition) is 5. The third-order valence-electron chi connectivity index (χ3n) is 3.60. The summed E-state index contributed by atoms with van der Waals surface area (Å²) in [6, 6.07) is 0. The number of anilines is 1. The average molecular weight is 360 g/mol. The summed E-state index contributed by atoms with van der Waals surface area (Å²) < 4.78 is 41.0. The topological polar surface area (TPSA) is 108 Å². The lowest BCUT2D eigenvalue weighted by Crippen LogP contribution is -2.21. The van der Waals surface area contributed by atoms with Crippen LogP contribution in [0.5, 0.6) is 0 Å². The zero-order valence-electron chi connectivity index (χ0n) is 13.6. The number of carbonyl (C=O) groups is 1. The number of carbonyl (C=O) groups excluding carboxylic acids is 1. The fourth-order valence-corrected chi connectivity index (χ4v) is 2.31. The molecule has 2 heterocycles. The van der Waals surface area contributed by atoms with Gasteiger partial charge in [-0.15, -0.1) is 0 Å². The van der Waals surface area contributed by atoms with E-state index < -0.39 is 34.9 Å². The molecule has 0 aliphatic carbocycles. The Morgan fingerprint density at radius 2 is 1.96 bits per heavy atom. The zero-order valence-corrected chi connectivity index (χ0v) is 13.6. The average Bonchev–Trinajstić information content (AvgIpc) is 3.00. The number of alkyl halides is 3. The lowest BCUT2D eigenvalue weighted by atomic mass is 10.3. The molecule has 25 heavy (non-hydrogen) atoms. The molecular formula is C13H15F3N6O3. The fraction of sp³-hybridized carbons (Fsp3) is 0.462. The van der Waals surface area contributed by atoms with Crippen molar-refractivity contribution in [2.75, 3.05) is 5.32 Å². The van der Waals surface area contributed by atoms with Crippen molar-refractivity contribution in [1.82, 2.24) is 19.6 Å². The maximum absolute atomic E-state index is 12.9. The molecule has 1 amide bonds. The number of aromatic nitrogens is 4. The van der Waals surface area contributed by atoms with Gasteiger partial charge in [-0.3, -0.25) is 24.3 Å². The van der Waals surface area contributed by atoms with Gasteiger partial charge in [0, 0.05) is 6.54 Å². The molecule has 0 aliphatic heterocycles. The molecule has 0 saturated carbocycles. The molecule has 0 saturated heterocycles. The van der Waals surface area contributed by atoms with Gasteiger partial charge in [0.2, 0.25) is 11.6 Å². The van der Waals surface area contributed by atoms with Crippen molar-refractivity contribution < 1.29 is 22.9 Å². The second-order valence-corrected chi connectivity index (χ2v) is 5.20. The number of nitrogens with zero attached hydrogens (tertiary/aromatic N) is 5. The van der Waals surface area contributed by atoms with Gasteiger partial charge in [-0.05, 0) is 20.8 Å². The number of hydrogen-bond donors (Lipinski definition) is 1. The van der Waals surface area contributed by atoms with E-state index in [-0.39, 0.29) is 5.69 Å². The van der Waals surface area contributed by atoms with Gasteiger partial charge < -0.3 is 5.32 Å². The minimum absolute atomic E-state index is 0.353. The maximum atomic E-state index is 12.9. The molecule has 0 unspecified atom stereocenters. The predicted molar refractivity (Wildman–Crippen MR) is 79.9 cm³/mol. The lowest BCUT2D eigenvalue weighted by Gasteiger charge is -2.06. The van der Waals surface area contributed by atoms with Gasteiger partial charge in [-0.2, -0.15) is 23.4 Å². The summed E-state index contributed by atoms with van der Waals surface area (Å²) in [5.41, 5.74) is -2.06. The Labute approximate surface area is 139 Å². The van der Waals surface area contributed by atoms with Crippen molar-refractivity contribution in [1.29, 1.82) is 0 Å². The number of rotatable bonds is 5. The van der Waals surface area contributed by atoms with E-state index in [4.69, 9.17) is 0 Å². The molecule has 0 atom stereocenters. The monoisotopic (exact) mass is 360 g/mol. The SMILES string of the molecule is CCn1ncc(NC(=O)Cn2nc(C(F)(F)F)c([N+](=O)[O-])c2C)c1C. The van der Waals surface area contributed by atoms with Crippen molar-refractivity contribution in [2.24, 2.45) is 0 Å². The molecule has 12 heteroatoms. The van der Waals surface area contributed by atoms with Crippen LogP contribution in [0.1, 0.15) is 24.0 Å². The Kier molecular flexibility index (Phi) is 4.81. The standard InChI is InChI=1S/C13H15F3N6O3/c1-4-20-7(2)9(5-17-20)18-10(23)6-21-8(3)11(22(24)25)12(19-21)13(14,15)16/h5H,4,6H2,1-3H3,(H,18,23). The number of aryl methyl sites for hydroxylation is 1. The normalized spacial score (nSPS) is 11.6. The summed E-state index contributed by atoms with van der Waals surface area (Å²) >= 11 is 0. The third kappa shape index (κ3) is 3.61. The van der Waals surface area contributed by atoms with Crippen molar-refractivity contribution in [3.63, 3.8) is 0 Å². The molecule has 0 aromatic carbocycles. The Morgan fingerprint density at radius 3 is 2.40 bits per heavy atom. The highest BCUT2D eigenvalue weighted by Crippen LogP contribution is 2.36. The van der Waals surface area contributed by atoms with Gasteiger partial charge in [-0.1, -0.05) is 0 Å². The highest BCUT2D eigenvalue weighted by Gasteiger charge is 2.44. The Balaban J connectivity index is 2.26. The second-order valence-electron chi connectivity index (χ2n) is 5.20. The summed E-state index contributed by atoms with van der Waals surface area (Å²) in [7, 11) is 0. The van der Waals surface area contributed by atoms with E-state index in [1.54, 1.807) is 11.6 Å². The van der Waals surface area contributed by atoms with E-state index in [1.807, 2.05) is 6.92 Å². The van der Waals surface area contributed by atoms with Gasteiger partial charge in [0.05, 0.1) is 22.5 Å². The minimum Gasteiger partial charge on any atom is -0.322 e. The van der Waals surface area contributed by atoms with E-state index in [1.165, 1.54) is 6.20 Å². The largest absolute Gasteiger partial charge is 0.442 e. The molecular weight excluding hydrogens is 345 g/mol. The van der Waals surface area contributed by atoms with E-state index in [0.717, 1.165) is 6.92 Å². The molecule has 9 nitrogen and oxygen atoms in total. The van der Waals surface area contributed by atoms with Crippen LogP contribution in [0.3, 0.4) is 0 Å². The van der Waals surface area contributed by atoms with Crippen LogP contribution in [-0.4, -0.2) is 30.4 Å². The Bertz CT molecular complexity index is 824. The first kappa shape index (κ1) is 18.4. The van der Waals surface area contributed by atoms with Crippen LogP contribution >= 0.6 is 0 Å². The number of nitro groups is 1. The molecule has 0 bridgehead atoms. The van der Waals surface area contributed by atoms with Gasteiger partial charge in [0.25, 0.3) is 0 Å². The number of amides is 1. The van der Waals surface area contributed by atoms with Gasteiger partial charge in [0.15, 0.2) is 0 Å². The second kappa shape index (κ2) is 6.53. The first-order valence-electron chi connectivity index (χ1n) is 7.17. The number of halogens is 3. The van der Waals surface area contributed by atoms with E-state index in [2.05, 4.69) is 15.5 Å². The van der Waals surface area contributed by atoms with E-state index in [9.17, 15) is 28.1 Å². The quantitative estimate of drug-likeness (QED) is 0.650. The van der Waals surface area contributed by atoms with E-state index in [0.29, 0.717) is 22.6 Å². The molecule has 2 aromatic rings. The van der Waals surface area contributed by atoms with Gasteiger partial charge >= 0.3 is 11.9 Å². The highest BCUT2D eigenvalue weighted by molar-refractivity contribution is 5.91. The van der Waals surface area contributed by atoms with Crippen LogP contribution in [0.25, 0.3) is 0 Å². The summed E-state index contributed by atoms with van der Waals surface area (Å²) in [6.07, 6.45) is -3.58. The van der Waals surface area contributed by atoms with Crippen molar-refractivity contribution in [2.45, 2.75) is 40.0 Å². The van der Waals surface area contributed by atoms with Gasteiger partial charge in [-0.25, -0.2) is 0 Å². The van der Waals surface area contributed by atoms with Crippen LogP contribution in [0.15, 0.2) is 6.20 Å². The zero-order chi connectivity index (χ0) is 18.9. The minimum atomic E-state index is -4.99. The molecule has 0 radical (unpaired) electrons. The van der Waals surface area contributed by atoms with Crippen LogP contribution in [0, 0.1) is 24.0 Å². The summed E-state index contributed by atoms with van der Waals surface area (Å²) in [6.45, 7) is 4.67. The first-order valence-corrected chi connectivity index (χ1v) is 7.17. The van der Waals surface area contributed by atoms with Crippen molar-refractivity contribution >= 4 is 17.3 Å². The third-order valence-corrected chi connectivity index (χ3v) is 3.60. The molecule has 1 N–H and O–H groups in total. The maximum Gasteiger partial charge on any atom is 0.442 e. The lowest BCUT2D eigenvalue weighted by molar-refractivity contribution is -0.388. The Morgan fingerprint density at radius 1 is 1.32 bits per heavy atom. The molecule has 2 aromatic heterocycles. The Hall–Kier alpha value is -2.92. The number of nitrogens with one attached hydrogen (secondary N) is 1. The molecule has 136 valence electrons. The van der Waals surface area contributed by atoms with Gasteiger partial charge in [0.1, 0.15) is 12.2 Å². The molecule has 2 rings (SSSR count). The van der Waals surface area contributed by atoms with Crippen LogP contribution in [0.2, 0.25) is 0 Å². The fourth-order valence-electron chi connectivity index (χ4n) is 2.31. The summed E-state index contributed by atoms with van der Waals surface area (Å²) in [5, 5.41) is 20.6. The van der Waals surface area contributed by atoms with Crippen LogP contribution in [0.4, 0.5) is 24.5 Å². The predicted octanol–water partition coefficient (Wildman–Crippen LogP) is 2.28. The smallest absolute Gasteiger partial charge is 0.322 e. The molecule has 0 aliphatic rings. The molecule has 0 fully saturated rings. The summed E-state index contributed by atoms with van der Waals surface area (Å²) in [4.78, 5) is 21.8. The van der Waals surface area contributed by atoms with E-state index >= 15 is 0 Å². The van der Waals surface area contributed by atoms with Crippen LogP contribution in [-0.2, 0) is 24.1 Å². The highest BCUT2D eigenvalue weighted by atomic mass is 19.4. The summed E-state index contributed by atoms with van der Waals surface area (Å²) in [5.74, 6) is -0.673. The van der Waals surface area contributed by atoms with Crippen molar-refractivity contribution in [3.05, 3.63) is 33.4 Å². The first-order chi connectivity index (χ1) is 11.6. The molecule has 0 spiro atoms. The van der Waals surface area contributed by atoms with Crippen molar-refractivity contribution in [3.8, 4) is 0 Å². The van der Waals surface area contributed by atoms with Crippen LogP contribution < -0.4 is 5.32 Å².